The average Bonchev–Trinajstić information content (AvgIpc) is 3.00. The normalized spacial score (nSPS) is 18.3. The third kappa shape index (κ3) is 2.84. The van der Waals surface area contributed by atoms with Crippen LogP contribution in [0.2, 0.25) is 0 Å². The van der Waals surface area contributed by atoms with Gasteiger partial charge in [0.05, 0.1) is 0 Å². The number of hydrogen-bond acceptors (Lipinski definition) is 3. The Bertz CT molecular complexity index is 664. The Hall–Kier alpha value is -2.30. The Balaban J connectivity index is 1.76. The number of nitrogens with one attached hydrogen (secondary N) is 1. The van der Waals surface area contributed by atoms with Crippen LogP contribution in [-0.4, -0.2) is 40.5 Å². The summed E-state index contributed by atoms with van der Waals surface area (Å²) >= 11 is 0. The molecule has 5 heteroatoms. The van der Waals surface area contributed by atoms with Crippen LogP contribution in [0.5, 0.6) is 0 Å². The van der Waals surface area contributed by atoms with Crippen molar-refractivity contribution < 1.29 is 4.79 Å². The number of aromatic nitrogens is 2. The Kier molecular flexibility index (Phi) is 4.13. The van der Waals surface area contributed by atoms with E-state index in [2.05, 4.69) is 22.4 Å². The van der Waals surface area contributed by atoms with Gasteiger partial charge in [-0.25, -0.2) is 4.98 Å². The van der Waals surface area contributed by atoms with E-state index in [9.17, 15) is 4.79 Å². The number of anilines is 1. The maximum atomic E-state index is 12.7. The topological polar surface area (TPSA) is 50.2 Å². The van der Waals surface area contributed by atoms with Crippen LogP contribution in [0.3, 0.4) is 0 Å². The quantitative estimate of drug-likeness (QED) is 0.947. The number of rotatable bonds is 3. The van der Waals surface area contributed by atoms with Gasteiger partial charge in [0, 0.05) is 45.5 Å². The van der Waals surface area contributed by atoms with Crippen LogP contribution in [0.4, 0.5) is 5.82 Å². The van der Waals surface area contributed by atoms with Gasteiger partial charge >= 0.3 is 0 Å². The number of carbonyl (C=O) groups is 1. The molecule has 2 aromatic rings. The summed E-state index contributed by atoms with van der Waals surface area (Å²) in [5.41, 5.74) is 2.01. The van der Waals surface area contributed by atoms with Crippen molar-refractivity contribution in [1.82, 2.24) is 14.5 Å². The van der Waals surface area contributed by atoms with Crippen LogP contribution in [0, 0.1) is 0 Å². The van der Waals surface area contributed by atoms with E-state index in [1.54, 1.807) is 0 Å². The molecule has 1 aliphatic heterocycles. The molecule has 3 rings (SSSR count). The average molecular weight is 298 g/mol. The minimum absolute atomic E-state index is 0.125. The molecule has 3 heterocycles. The van der Waals surface area contributed by atoms with Crippen molar-refractivity contribution in [3.8, 4) is 0 Å². The second kappa shape index (κ2) is 6.22. The zero-order chi connectivity index (χ0) is 15.5. The summed E-state index contributed by atoms with van der Waals surface area (Å²) in [4.78, 5) is 18.9. The molecule has 1 amide bonds. The molecule has 1 saturated heterocycles. The second-order valence-corrected chi connectivity index (χ2v) is 5.82. The van der Waals surface area contributed by atoms with Crippen LogP contribution in [0.1, 0.15) is 34.8 Å². The van der Waals surface area contributed by atoms with Gasteiger partial charge in [0.25, 0.3) is 5.91 Å². The molecule has 1 N–H and O–H groups in total. The largest absolute Gasteiger partial charge is 0.373 e. The van der Waals surface area contributed by atoms with Crippen molar-refractivity contribution in [2.45, 2.75) is 18.8 Å². The van der Waals surface area contributed by atoms with Crippen LogP contribution >= 0.6 is 0 Å². The van der Waals surface area contributed by atoms with Gasteiger partial charge in [-0.15, -0.1) is 0 Å². The molecule has 2 aromatic heterocycles. The Morgan fingerprint density at radius 1 is 1.41 bits per heavy atom. The number of likely N-dealkylation sites (tertiary alicyclic amines) is 1. The standard InChI is InChI=1S/C17H22N4O/c1-18-16-11-13(7-8-19-16)14-5-3-10-21(12-14)17(22)15-6-4-9-20(15)2/h4,6-9,11,14H,3,5,10,12H2,1-2H3,(H,18,19)/t14-/m1/s1. The monoisotopic (exact) mass is 298 g/mol. The van der Waals surface area contributed by atoms with Gasteiger partial charge in [-0.05, 0) is 42.7 Å². The van der Waals surface area contributed by atoms with Gasteiger partial charge in [0.1, 0.15) is 11.5 Å². The Morgan fingerprint density at radius 3 is 3.00 bits per heavy atom. The van der Waals surface area contributed by atoms with Gasteiger partial charge in [-0.2, -0.15) is 0 Å². The van der Waals surface area contributed by atoms with E-state index in [0.717, 1.165) is 37.4 Å². The van der Waals surface area contributed by atoms with E-state index in [-0.39, 0.29) is 5.91 Å². The van der Waals surface area contributed by atoms with E-state index >= 15 is 0 Å². The van der Waals surface area contributed by atoms with E-state index in [4.69, 9.17) is 0 Å². The minimum atomic E-state index is 0.125. The number of amides is 1. The Labute approximate surface area is 131 Å². The highest BCUT2D eigenvalue weighted by molar-refractivity contribution is 5.92. The molecule has 1 atom stereocenters. The first-order valence-electron chi connectivity index (χ1n) is 7.73. The second-order valence-electron chi connectivity index (χ2n) is 5.82. The van der Waals surface area contributed by atoms with Crippen LogP contribution in [0.25, 0.3) is 0 Å². The molecular formula is C17H22N4O. The summed E-state index contributed by atoms with van der Waals surface area (Å²) in [6.45, 7) is 1.61. The first-order valence-corrected chi connectivity index (χ1v) is 7.73. The van der Waals surface area contributed by atoms with Crippen LogP contribution in [0.15, 0.2) is 36.7 Å². The summed E-state index contributed by atoms with van der Waals surface area (Å²) in [6, 6.07) is 7.94. The summed E-state index contributed by atoms with van der Waals surface area (Å²) in [7, 11) is 3.79. The highest BCUT2D eigenvalue weighted by Gasteiger charge is 2.26. The van der Waals surface area contributed by atoms with Crippen molar-refractivity contribution in [3.05, 3.63) is 47.9 Å². The number of aryl methyl sites for hydroxylation is 1. The van der Waals surface area contributed by atoms with Crippen molar-refractivity contribution >= 4 is 11.7 Å². The Morgan fingerprint density at radius 2 is 2.27 bits per heavy atom. The maximum Gasteiger partial charge on any atom is 0.270 e. The summed E-state index contributed by atoms with van der Waals surface area (Å²) < 4.78 is 1.89. The molecule has 0 aliphatic carbocycles. The lowest BCUT2D eigenvalue weighted by Gasteiger charge is -2.33. The smallest absolute Gasteiger partial charge is 0.270 e. The van der Waals surface area contributed by atoms with E-state index in [0.29, 0.717) is 5.92 Å². The molecule has 1 fully saturated rings. The van der Waals surface area contributed by atoms with Crippen LogP contribution in [-0.2, 0) is 7.05 Å². The number of piperidine rings is 1. The number of pyridine rings is 1. The van der Waals surface area contributed by atoms with Gasteiger partial charge in [-0.1, -0.05) is 0 Å². The fourth-order valence-corrected chi connectivity index (χ4v) is 3.12. The van der Waals surface area contributed by atoms with Gasteiger partial charge < -0.3 is 14.8 Å². The molecule has 22 heavy (non-hydrogen) atoms. The lowest BCUT2D eigenvalue weighted by molar-refractivity contribution is 0.0697. The molecule has 0 bridgehead atoms. The minimum Gasteiger partial charge on any atom is -0.373 e. The highest BCUT2D eigenvalue weighted by Crippen LogP contribution is 2.28. The lowest BCUT2D eigenvalue weighted by atomic mass is 9.91. The first-order chi connectivity index (χ1) is 10.7. The van der Waals surface area contributed by atoms with Gasteiger partial charge in [0.2, 0.25) is 0 Å². The number of carbonyl (C=O) groups excluding carboxylic acids is 1. The fraction of sp³-hybridized carbons (Fsp3) is 0.412. The van der Waals surface area contributed by atoms with Crippen LogP contribution < -0.4 is 5.32 Å². The first kappa shape index (κ1) is 14.6. The zero-order valence-corrected chi connectivity index (χ0v) is 13.1. The highest BCUT2D eigenvalue weighted by atomic mass is 16.2. The molecular weight excluding hydrogens is 276 g/mol. The van der Waals surface area contributed by atoms with E-state index in [1.165, 1.54) is 5.56 Å². The predicted molar refractivity (Wildman–Crippen MR) is 87.1 cm³/mol. The van der Waals surface area contributed by atoms with E-state index < -0.39 is 0 Å². The molecule has 0 spiro atoms. The fourth-order valence-electron chi connectivity index (χ4n) is 3.12. The molecule has 0 unspecified atom stereocenters. The number of nitrogens with zero attached hydrogens (tertiary/aromatic N) is 3. The summed E-state index contributed by atoms with van der Waals surface area (Å²) in [6.07, 6.45) is 5.90. The maximum absolute atomic E-state index is 12.7. The summed E-state index contributed by atoms with van der Waals surface area (Å²) in [5.74, 6) is 1.39. The zero-order valence-electron chi connectivity index (χ0n) is 13.1. The number of hydrogen-bond donors (Lipinski definition) is 1. The molecule has 5 nitrogen and oxygen atoms in total. The lowest BCUT2D eigenvalue weighted by Crippen LogP contribution is -2.39. The molecule has 0 saturated carbocycles. The van der Waals surface area contributed by atoms with Crippen molar-refractivity contribution in [1.29, 1.82) is 0 Å². The van der Waals surface area contributed by atoms with E-state index in [1.807, 2.05) is 48.1 Å². The third-order valence-corrected chi connectivity index (χ3v) is 4.38. The van der Waals surface area contributed by atoms with Crippen molar-refractivity contribution in [2.24, 2.45) is 7.05 Å². The van der Waals surface area contributed by atoms with Crippen molar-refractivity contribution in [2.75, 3.05) is 25.5 Å². The third-order valence-electron chi connectivity index (χ3n) is 4.38. The predicted octanol–water partition coefficient (Wildman–Crippen LogP) is 2.48. The van der Waals surface area contributed by atoms with Gasteiger partial charge in [-0.3, -0.25) is 4.79 Å². The van der Waals surface area contributed by atoms with Gasteiger partial charge in [0.15, 0.2) is 0 Å². The summed E-state index contributed by atoms with van der Waals surface area (Å²) in [5, 5.41) is 3.08. The van der Waals surface area contributed by atoms with Crippen molar-refractivity contribution in [3.63, 3.8) is 0 Å². The molecule has 0 aromatic carbocycles. The molecule has 0 radical (unpaired) electrons. The molecule has 1 aliphatic rings. The SMILES string of the molecule is CNc1cc([C@@H]2CCCN(C(=O)c3cccn3C)C2)ccn1. The molecule has 116 valence electrons.